The third-order valence-electron chi connectivity index (χ3n) is 4.35. The average Bonchev–Trinajstić information content (AvgIpc) is 2.71. The number of amidine groups is 1. The SMILES string of the molecule is C=C1C(Nc2cccc(C(F)(F)F)c2)=NC=CN1/C(=C\C)c1ccccc1OC. The van der Waals surface area contributed by atoms with Crippen molar-refractivity contribution < 1.29 is 17.9 Å². The van der Waals surface area contributed by atoms with Gasteiger partial charge in [0, 0.05) is 23.7 Å². The molecule has 7 heteroatoms. The van der Waals surface area contributed by atoms with E-state index in [9.17, 15) is 13.2 Å². The van der Waals surface area contributed by atoms with Crippen LogP contribution in [0.15, 0.2) is 84.3 Å². The lowest BCUT2D eigenvalue weighted by Gasteiger charge is -2.29. The maximum Gasteiger partial charge on any atom is 0.416 e. The van der Waals surface area contributed by atoms with E-state index < -0.39 is 11.7 Å². The molecule has 0 saturated heterocycles. The molecule has 1 N–H and O–H groups in total. The van der Waals surface area contributed by atoms with Gasteiger partial charge in [-0.25, -0.2) is 4.99 Å². The lowest BCUT2D eigenvalue weighted by Crippen LogP contribution is -2.28. The predicted molar refractivity (Wildman–Crippen MR) is 109 cm³/mol. The van der Waals surface area contributed by atoms with Gasteiger partial charge in [0.1, 0.15) is 5.75 Å². The minimum atomic E-state index is -4.42. The fourth-order valence-corrected chi connectivity index (χ4v) is 2.97. The summed E-state index contributed by atoms with van der Waals surface area (Å²) in [5, 5.41) is 2.93. The summed E-state index contributed by atoms with van der Waals surface area (Å²) in [4.78, 5) is 6.05. The van der Waals surface area contributed by atoms with Gasteiger partial charge in [-0.2, -0.15) is 13.2 Å². The third-order valence-corrected chi connectivity index (χ3v) is 4.35. The summed E-state index contributed by atoms with van der Waals surface area (Å²) >= 11 is 0. The van der Waals surface area contributed by atoms with E-state index in [-0.39, 0.29) is 5.69 Å². The Balaban J connectivity index is 1.87. The Morgan fingerprint density at radius 3 is 2.62 bits per heavy atom. The number of hydrogen-bond acceptors (Lipinski definition) is 4. The van der Waals surface area contributed by atoms with Crippen LogP contribution in [0.3, 0.4) is 0 Å². The highest BCUT2D eigenvalue weighted by Gasteiger charge is 2.30. The molecule has 1 aliphatic heterocycles. The minimum absolute atomic E-state index is 0.272. The standard InChI is InChI=1S/C22H20F3N3O/c1-4-19(18-10-5-6-11-20(18)29-3)28-13-12-26-21(15(28)2)27-17-9-7-8-16(14-17)22(23,24)25/h4-14H,2H2,1,3H3,(H,26,27)/b19-4-. The van der Waals surface area contributed by atoms with Crippen LogP contribution in [-0.2, 0) is 6.18 Å². The van der Waals surface area contributed by atoms with Crippen molar-refractivity contribution in [2.24, 2.45) is 4.99 Å². The van der Waals surface area contributed by atoms with Crippen LogP contribution in [0.25, 0.3) is 5.70 Å². The highest BCUT2D eigenvalue weighted by Crippen LogP contribution is 2.33. The lowest BCUT2D eigenvalue weighted by molar-refractivity contribution is -0.137. The van der Waals surface area contributed by atoms with Crippen LogP contribution in [0.4, 0.5) is 18.9 Å². The fraction of sp³-hybridized carbons (Fsp3) is 0.136. The van der Waals surface area contributed by atoms with Crippen LogP contribution >= 0.6 is 0 Å². The number of benzene rings is 2. The normalized spacial score (nSPS) is 14.7. The van der Waals surface area contributed by atoms with Crippen molar-refractivity contribution in [3.8, 4) is 5.75 Å². The number of allylic oxidation sites excluding steroid dienone is 1. The van der Waals surface area contributed by atoms with Crippen molar-refractivity contribution in [3.05, 3.63) is 90.4 Å². The first-order valence-corrected chi connectivity index (χ1v) is 8.82. The van der Waals surface area contributed by atoms with E-state index in [1.807, 2.05) is 37.3 Å². The molecule has 2 aromatic carbocycles. The molecule has 0 aromatic heterocycles. The average molecular weight is 399 g/mol. The quantitative estimate of drug-likeness (QED) is 0.697. The molecular weight excluding hydrogens is 379 g/mol. The number of ether oxygens (including phenoxy) is 1. The number of aliphatic imine (C=N–C) groups is 1. The number of rotatable bonds is 4. The molecule has 0 spiro atoms. The maximum atomic E-state index is 13.0. The van der Waals surface area contributed by atoms with E-state index in [0.717, 1.165) is 23.4 Å². The number of halogens is 3. The first kappa shape index (κ1) is 20.3. The molecule has 0 saturated carbocycles. The summed E-state index contributed by atoms with van der Waals surface area (Å²) < 4.78 is 44.4. The van der Waals surface area contributed by atoms with Crippen molar-refractivity contribution in [2.45, 2.75) is 13.1 Å². The Morgan fingerprint density at radius 1 is 1.17 bits per heavy atom. The number of hydrogen-bond donors (Lipinski definition) is 1. The number of nitrogens with zero attached hydrogens (tertiary/aromatic N) is 2. The molecular formula is C22H20F3N3O. The zero-order valence-corrected chi connectivity index (χ0v) is 16.0. The second-order valence-electron chi connectivity index (χ2n) is 6.17. The lowest BCUT2D eigenvalue weighted by atomic mass is 10.1. The van der Waals surface area contributed by atoms with E-state index >= 15 is 0 Å². The smallest absolute Gasteiger partial charge is 0.416 e. The van der Waals surface area contributed by atoms with Crippen molar-refractivity contribution >= 4 is 17.2 Å². The zero-order chi connectivity index (χ0) is 21.0. The van der Waals surface area contributed by atoms with E-state index in [2.05, 4.69) is 16.9 Å². The second-order valence-corrected chi connectivity index (χ2v) is 6.17. The summed E-state index contributed by atoms with van der Waals surface area (Å²) in [7, 11) is 1.59. The molecule has 1 aliphatic rings. The third kappa shape index (κ3) is 4.34. The maximum absolute atomic E-state index is 13.0. The summed E-state index contributed by atoms with van der Waals surface area (Å²) in [5.74, 6) is 1.04. The van der Waals surface area contributed by atoms with Gasteiger partial charge in [-0.3, -0.25) is 0 Å². The molecule has 1 heterocycles. The second kappa shape index (κ2) is 8.26. The van der Waals surface area contributed by atoms with Crippen LogP contribution in [0.2, 0.25) is 0 Å². The van der Waals surface area contributed by atoms with Gasteiger partial charge in [-0.1, -0.05) is 30.9 Å². The Morgan fingerprint density at radius 2 is 1.93 bits per heavy atom. The highest BCUT2D eigenvalue weighted by molar-refractivity contribution is 6.09. The van der Waals surface area contributed by atoms with E-state index in [1.54, 1.807) is 30.5 Å². The number of para-hydroxylation sites is 1. The molecule has 0 unspecified atom stereocenters. The Hall–Kier alpha value is -3.48. The van der Waals surface area contributed by atoms with Gasteiger partial charge in [0.25, 0.3) is 0 Å². The molecule has 0 amide bonds. The minimum Gasteiger partial charge on any atom is -0.496 e. The Labute approximate surface area is 167 Å². The summed E-state index contributed by atoms with van der Waals surface area (Å²) in [6, 6.07) is 12.5. The molecule has 29 heavy (non-hydrogen) atoms. The molecule has 0 radical (unpaired) electrons. The zero-order valence-electron chi connectivity index (χ0n) is 16.0. The van der Waals surface area contributed by atoms with Gasteiger partial charge in [0.15, 0.2) is 5.84 Å². The topological polar surface area (TPSA) is 36.9 Å². The van der Waals surface area contributed by atoms with Gasteiger partial charge in [-0.15, -0.1) is 0 Å². The van der Waals surface area contributed by atoms with E-state index in [4.69, 9.17) is 4.74 Å². The van der Waals surface area contributed by atoms with Gasteiger partial charge >= 0.3 is 6.18 Å². The first-order valence-electron chi connectivity index (χ1n) is 8.82. The van der Waals surface area contributed by atoms with Crippen LogP contribution in [0, 0.1) is 0 Å². The molecule has 0 aliphatic carbocycles. The van der Waals surface area contributed by atoms with Crippen molar-refractivity contribution in [1.82, 2.24) is 4.90 Å². The molecule has 3 rings (SSSR count). The molecule has 150 valence electrons. The Kier molecular flexibility index (Phi) is 5.77. The predicted octanol–water partition coefficient (Wildman–Crippen LogP) is 5.89. The van der Waals surface area contributed by atoms with Crippen molar-refractivity contribution in [2.75, 3.05) is 12.4 Å². The van der Waals surface area contributed by atoms with Crippen LogP contribution in [-0.4, -0.2) is 17.8 Å². The summed E-state index contributed by atoms with van der Waals surface area (Å²) in [6.07, 6.45) is 0.780. The number of anilines is 1. The van der Waals surface area contributed by atoms with E-state index in [1.165, 1.54) is 6.07 Å². The van der Waals surface area contributed by atoms with Crippen LogP contribution in [0.5, 0.6) is 5.75 Å². The molecule has 0 fully saturated rings. The van der Waals surface area contributed by atoms with Gasteiger partial charge in [0.2, 0.25) is 0 Å². The molecule has 2 aromatic rings. The molecule has 4 nitrogen and oxygen atoms in total. The van der Waals surface area contributed by atoms with E-state index in [0.29, 0.717) is 17.3 Å². The highest BCUT2D eigenvalue weighted by atomic mass is 19.4. The molecule has 0 bridgehead atoms. The molecule has 0 atom stereocenters. The largest absolute Gasteiger partial charge is 0.496 e. The van der Waals surface area contributed by atoms with Crippen LogP contribution < -0.4 is 10.1 Å². The number of nitrogens with one attached hydrogen (secondary N) is 1. The van der Waals surface area contributed by atoms with Gasteiger partial charge < -0.3 is 15.0 Å². The van der Waals surface area contributed by atoms with Crippen molar-refractivity contribution in [1.29, 1.82) is 0 Å². The van der Waals surface area contributed by atoms with Gasteiger partial charge in [-0.05, 0) is 37.3 Å². The fourth-order valence-electron chi connectivity index (χ4n) is 2.97. The monoisotopic (exact) mass is 399 g/mol. The van der Waals surface area contributed by atoms with Crippen LogP contribution in [0.1, 0.15) is 18.1 Å². The van der Waals surface area contributed by atoms with Gasteiger partial charge in [0.05, 0.1) is 24.1 Å². The Bertz CT molecular complexity index is 1010. The first-order chi connectivity index (χ1) is 13.8. The van der Waals surface area contributed by atoms with Crippen molar-refractivity contribution in [3.63, 3.8) is 0 Å². The summed E-state index contributed by atoms with van der Waals surface area (Å²) in [6.45, 7) is 5.96. The number of alkyl halides is 3. The summed E-state index contributed by atoms with van der Waals surface area (Å²) in [5.41, 5.74) is 1.68. The number of methoxy groups -OCH3 is 1.